The van der Waals surface area contributed by atoms with Crippen molar-refractivity contribution in [2.24, 2.45) is 5.10 Å². The molecule has 0 aromatic heterocycles. The first kappa shape index (κ1) is 22.5. The number of ether oxygens (including phenoxy) is 2. The molecule has 0 aliphatic carbocycles. The summed E-state index contributed by atoms with van der Waals surface area (Å²) in [5.41, 5.74) is 4.27. The summed E-state index contributed by atoms with van der Waals surface area (Å²) >= 11 is 0. The van der Waals surface area contributed by atoms with Gasteiger partial charge in [0, 0.05) is 24.1 Å². The molecule has 30 heavy (non-hydrogen) atoms. The Morgan fingerprint density at radius 2 is 1.80 bits per heavy atom. The summed E-state index contributed by atoms with van der Waals surface area (Å²) in [4.78, 5) is 23.9. The average Bonchev–Trinajstić information content (AvgIpc) is 2.75. The Labute approximate surface area is 175 Å². The molecule has 0 aliphatic rings. The molecular formula is C22H25N3O5. The minimum absolute atomic E-state index is 0.0139. The molecule has 3 N–H and O–H groups in total. The van der Waals surface area contributed by atoms with Crippen LogP contribution in [0.4, 0.5) is 5.69 Å². The van der Waals surface area contributed by atoms with Gasteiger partial charge in [-0.05, 0) is 48.4 Å². The number of nitrogens with one attached hydrogen (secondary N) is 2. The van der Waals surface area contributed by atoms with Crippen molar-refractivity contribution >= 4 is 23.7 Å². The van der Waals surface area contributed by atoms with Crippen LogP contribution < -0.4 is 20.2 Å². The molecule has 0 spiro atoms. The smallest absolute Gasteiger partial charge is 0.240 e. The molecule has 0 bridgehead atoms. The van der Waals surface area contributed by atoms with E-state index in [1.807, 2.05) is 0 Å². The van der Waals surface area contributed by atoms with Crippen molar-refractivity contribution in [3.8, 4) is 17.2 Å². The van der Waals surface area contributed by atoms with Crippen LogP contribution in [0.3, 0.4) is 0 Å². The first-order chi connectivity index (χ1) is 14.5. The number of hydrogen-bond acceptors (Lipinski definition) is 6. The number of benzene rings is 2. The number of hydrazone groups is 1. The third-order valence-corrected chi connectivity index (χ3v) is 4.12. The predicted molar refractivity (Wildman–Crippen MR) is 115 cm³/mol. The molecule has 0 heterocycles. The van der Waals surface area contributed by atoms with Gasteiger partial charge in [0.15, 0.2) is 11.5 Å². The van der Waals surface area contributed by atoms with Crippen LogP contribution in [-0.2, 0) is 16.0 Å². The van der Waals surface area contributed by atoms with Gasteiger partial charge in [-0.25, -0.2) is 5.43 Å². The highest BCUT2D eigenvalue weighted by Crippen LogP contribution is 2.31. The molecule has 2 amide bonds. The van der Waals surface area contributed by atoms with Gasteiger partial charge in [0.2, 0.25) is 11.8 Å². The van der Waals surface area contributed by atoms with Crippen LogP contribution in [-0.4, -0.2) is 37.4 Å². The third kappa shape index (κ3) is 6.66. The first-order valence-electron chi connectivity index (χ1n) is 9.23. The number of methoxy groups -OCH3 is 2. The van der Waals surface area contributed by atoms with Gasteiger partial charge in [0.25, 0.3) is 0 Å². The van der Waals surface area contributed by atoms with Gasteiger partial charge in [0.05, 0.1) is 20.4 Å². The van der Waals surface area contributed by atoms with Gasteiger partial charge in [-0.15, -0.1) is 6.58 Å². The Kier molecular flexibility index (Phi) is 8.43. The zero-order chi connectivity index (χ0) is 21.9. The molecule has 0 radical (unpaired) electrons. The Balaban J connectivity index is 1.85. The number of nitrogens with zero attached hydrogens (tertiary/aromatic N) is 1. The summed E-state index contributed by atoms with van der Waals surface area (Å²) < 4.78 is 10.2. The van der Waals surface area contributed by atoms with Crippen molar-refractivity contribution in [1.29, 1.82) is 0 Å². The summed E-state index contributed by atoms with van der Waals surface area (Å²) in [6.07, 6.45) is 3.56. The molecule has 2 rings (SSSR count). The fourth-order valence-corrected chi connectivity index (χ4v) is 2.59. The summed E-state index contributed by atoms with van der Waals surface area (Å²) in [5, 5.41) is 16.7. The lowest BCUT2D eigenvalue weighted by Crippen LogP contribution is -2.20. The van der Waals surface area contributed by atoms with Crippen LogP contribution in [0.1, 0.15) is 24.0 Å². The van der Waals surface area contributed by atoms with Crippen molar-refractivity contribution in [3.63, 3.8) is 0 Å². The number of hydrogen-bond donors (Lipinski definition) is 3. The van der Waals surface area contributed by atoms with Crippen LogP contribution in [0.15, 0.2) is 54.2 Å². The molecule has 0 fully saturated rings. The lowest BCUT2D eigenvalue weighted by molar-refractivity contribution is -0.124. The number of aromatic hydroxyl groups is 1. The van der Waals surface area contributed by atoms with Crippen molar-refractivity contribution < 1.29 is 24.2 Å². The fraction of sp³-hybridized carbons (Fsp3) is 0.227. The molecule has 158 valence electrons. The van der Waals surface area contributed by atoms with Crippen LogP contribution in [0, 0.1) is 0 Å². The molecule has 0 saturated carbocycles. The van der Waals surface area contributed by atoms with Gasteiger partial charge >= 0.3 is 0 Å². The largest absolute Gasteiger partial charge is 0.504 e. The zero-order valence-electron chi connectivity index (χ0n) is 17.0. The maximum atomic E-state index is 12.0. The number of phenolic OH excluding ortho intramolecular Hbond substituents is 1. The maximum Gasteiger partial charge on any atom is 0.240 e. The number of carbonyl (C=O) groups excluding carboxylic acids is 2. The second kappa shape index (κ2) is 11.3. The minimum atomic E-state index is -0.395. The molecule has 2 aromatic rings. The van der Waals surface area contributed by atoms with E-state index < -0.39 is 5.91 Å². The van der Waals surface area contributed by atoms with Gasteiger partial charge in [-0.1, -0.05) is 6.08 Å². The lowest BCUT2D eigenvalue weighted by atomic mass is 10.1. The van der Waals surface area contributed by atoms with E-state index in [-0.39, 0.29) is 24.5 Å². The average molecular weight is 411 g/mol. The molecule has 0 unspecified atom stereocenters. The Morgan fingerprint density at radius 1 is 1.10 bits per heavy atom. The Morgan fingerprint density at radius 3 is 2.43 bits per heavy atom. The summed E-state index contributed by atoms with van der Waals surface area (Å²) in [6.45, 7) is 3.66. The number of carbonyl (C=O) groups is 2. The normalized spacial score (nSPS) is 10.5. The maximum absolute atomic E-state index is 12.0. The molecule has 0 aliphatic heterocycles. The van der Waals surface area contributed by atoms with E-state index in [9.17, 15) is 14.7 Å². The van der Waals surface area contributed by atoms with Crippen LogP contribution in [0.5, 0.6) is 17.2 Å². The van der Waals surface area contributed by atoms with Gasteiger partial charge in [-0.2, -0.15) is 5.10 Å². The molecule has 8 nitrogen and oxygen atoms in total. The van der Waals surface area contributed by atoms with E-state index in [0.717, 1.165) is 0 Å². The van der Waals surface area contributed by atoms with E-state index in [2.05, 4.69) is 22.4 Å². The third-order valence-electron chi connectivity index (χ3n) is 4.12. The summed E-state index contributed by atoms with van der Waals surface area (Å²) in [7, 11) is 3.01. The second-order valence-corrected chi connectivity index (χ2v) is 6.29. The predicted octanol–water partition coefficient (Wildman–Crippen LogP) is 3.01. The van der Waals surface area contributed by atoms with Crippen molar-refractivity contribution in [2.45, 2.75) is 19.3 Å². The van der Waals surface area contributed by atoms with Crippen molar-refractivity contribution in [2.75, 3.05) is 19.5 Å². The van der Waals surface area contributed by atoms with E-state index in [1.165, 1.54) is 13.3 Å². The van der Waals surface area contributed by atoms with E-state index in [1.54, 1.807) is 49.6 Å². The standard InChI is InChI=1S/C22H25N3O5/c1-4-5-16-12-15(13-19(30-3)22(16)28)14-23-25-21(27)11-10-20(26)24-17-6-8-18(29-2)9-7-17/h4,6-9,12-14,28H,1,5,10-11H2,2-3H3,(H,24,26)(H,25,27)/b23-14+. The number of allylic oxidation sites excluding steroid dienone is 1. The first-order valence-corrected chi connectivity index (χ1v) is 9.23. The highest BCUT2D eigenvalue weighted by atomic mass is 16.5. The highest BCUT2D eigenvalue weighted by molar-refractivity contribution is 5.93. The van der Waals surface area contributed by atoms with E-state index >= 15 is 0 Å². The monoisotopic (exact) mass is 411 g/mol. The second-order valence-electron chi connectivity index (χ2n) is 6.29. The van der Waals surface area contributed by atoms with Crippen LogP contribution in [0.25, 0.3) is 0 Å². The minimum Gasteiger partial charge on any atom is -0.504 e. The number of amides is 2. The van der Waals surface area contributed by atoms with Gasteiger partial charge in [0.1, 0.15) is 5.75 Å². The van der Waals surface area contributed by atoms with E-state index in [0.29, 0.717) is 34.7 Å². The van der Waals surface area contributed by atoms with Gasteiger partial charge in [-0.3, -0.25) is 9.59 Å². The van der Waals surface area contributed by atoms with Crippen LogP contribution in [0.2, 0.25) is 0 Å². The highest BCUT2D eigenvalue weighted by Gasteiger charge is 2.10. The molecular weight excluding hydrogens is 386 g/mol. The number of anilines is 1. The lowest BCUT2D eigenvalue weighted by Gasteiger charge is -2.09. The molecule has 0 saturated heterocycles. The zero-order valence-corrected chi connectivity index (χ0v) is 17.0. The quantitative estimate of drug-likeness (QED) is 0.316. The molecule has 8 heteroatoms. The SMILES string of the molecule is C=CCc1cc(/C=N/NC(=O)CCC(=O)Nc2ccc(OC)cc2)cc(OC)c1O. The molecule has 2 aromatic carbocycles. The topological polar surface area (TPSA) is 109 Å². The summed E-state index contributed by atoms with van der Waals surface area (Å²) in [6, 6.07) is 10.2. The summed E-state index contributed by atoms with van der Waals surface area (Å²) in [5.74, 6) is 0.358. The van der Waals surface area contributed by atoms with Crippen LogP contribution >= 0.6 is 0 Å². The Bertz CT molecular complexity index is 923. The molecule has 0 atom stereocenters. The van der Waals surface area contributed by atoms with Gasteiger partial charge < -0.3 is 19.9 Å². The Hall–Kier alpha value is -3.81. The fourth-order valence-electron chi connectivity index (χ4n) is 2.59. The number of phenols is 1. The number of rotatable bonds is 10. The van der Waals surface area contributed by atoms with E-state index in [4.69, 9.17) is 9.47 Å². The van der Waals surface area contributed by atoms with Crippen molar-refractivity contribution in [1.82, 2.24) is 5.43 Å². The van der Waals surface area contributed by atoms with Crippen molar-refractivity contribution in [3.05, 3.63) is 60.2 Å².